The van der Waals surface area contributed by atoms with E-state index in [0.29, 0.717) is 5.01 Å². The first-order valence-electron chi connectivity index (χ1n) is 7.11. The maximum absolute atomic E-state index is 13.6. The number of nitrogens with zero attached hydrogens (tertiary/aromatic N) is 1. The van der Waals surface area contributed by atoms with E-state index in [2.05, 4.69) is 4.98 Å². The summed E-state index contributed by atoms with van der Waals surface area (Å²) in [5.74, 6) is -1.82. The predicted octanol–water partition coefficient (Wildman–Crippen LogP) is 4.06. The van der Waals surface area contributed by atoms with Crippen molar-refractivity contribution in [2.45, 2.75) is 0 Å². The van der Waals surface area contributed by atoms with Gasteiger partial charge in [-0.1, -0.05) is 6.07 Å². The summed E-state index contributed by atoms with van der Waals surface area (Å²) in [4.78, 5) is 29.2. The van der Waals surface area contributed by atoms with Gasteiger partial charge in [0.15, 0.2) is 29.7 Å². The summed E-state index contributed by atoms with van der Waals surface area (Å²) >= 11 is 2.84. The van der Waals surface area contributed by atoms with Gasteiger partial charge in [-0.2, -0.15) is 0 Å². The molecule has 0 amide bonds. The van der Waals surface area contributed by atoms with Crippen molar-refractivity contribution in [3.63, 3.8) is 0 Å². The lowest BCUT2D eigenvalue weighted by atomic mass is 10.1. The molecule has 5 nitrogen and oxygen atoms in total. The van der Waals surface area contributed by atoms with Crippen LogP contribution in [0.5, 0.6) is 5.75 Å². The molecule has 0 spiro atoms. The van der Waals surface area contributed by atoms with Crippen LogP contribution in [-0.4, -0.2) is 30.5 Å². The Morgan fingerprint density at radius 2 is 2.08 bits per heavy atom. The Morgan fingerprint density at radius 1 is 1.24 bits per heavy atom. The van der Waals surface area contributed by atoms with Gasteiger partial charge < -0.3 is 9.47 Å². The molecule has 2 aromatic heterocycles. The van der Waals surface area contributed by atoms with E-state index in [1.54, 1.807) is 5.38 Å². The van der Waals surface area contributed by atoms with E-state index >= 15 is 0 Å². The molecule has 128 valence electrons. The molecule has 0 N–H and O–H groups in total. The van der Waals surface area contributed by atoms with Gasteiger partial charge in [0, 0.05) is 10.9 Å². The van der Waals surface area contributed by atoms with Crippen molar-refractivity contribution in [2.24, 2.45) is 0 Å². The Balaban J connectivity index is 1.62. The van der Waals surface area contributed by atoms with Gasteiger partial charge in [-0.05, 0) is 29.6 Å². The summed E-state index contributed by atoms with van der Waals surface area (Å²) in [6, 6.07) is 7.60. The molecule has 0 radical (unpaired) electrons. The minimum absolute atomic E-state index is 0.0390. The molecule has 0 aliphatic heterocycles. The quantitative estimate of drug-likeness (QED) is 0.479. The first-order valence-corrected chi connectivity index (χ1v) is 8.87. The third-order valence-corrected chi connectivity index (χ3v) is 5.13. The molecule has 2 heterocycles. The number of rotatable bonds is 6. The van der Waals surface area contributed by atoms with E-state index in [0.717, 1.165) is 10.9 Å². The van der Waals surface area contributed by atoms with Gasteiger partial charge in [-0.15, -0.1) is 22.7 Å². The van der Waals surface area contributed by atoms with Crippen LogP contribution in [0.2, 0.25) is 0 Å². The van der Waals surface area contributed by atoms with E-state index < -0.39 is 24.2 Å². The summed E-state index contributed by atoms with van der Waals surface area (Å²) in [7, 11) is 1.33. The third kappa shape index (κ3) is 3.92. The number of methoxy groups -OCH3 is 1. The van der Waals surface area contributed by atoms with Gasteiger partial charge in [0.2, 0.25) is 0 Å². The fourth-order valence-electron chi connectivity index (χ4n) is 2.01. The number of carbonyl (C=O) groups is 2. The molecule has 1 aromatic carbocycles. The molecule has 0 atom stereocenters. The average molecular weight is 377 g/mol. The van der Waals surface area contributed by atoms with Gasteiger partial charge in [-0.3, -0.25) is 4.79 Å². The monoisotopic (exact) mass is 377 g/mol. The normalized spacial score (nSPS) is 10.5. The van der Waals surface area contributed by atoms with Crippen LogP contribution < -0.4 is 4.74 Å². The van der Waals surface area contributed by atoms with Crippen LogP contribution >= 0.6 is 22.7 Å². The molecule has 0 bridgehead atoms. The van der Waals surface area contributed by atoms with Crippen LogP contribution in [0, 0.1) is 5.82 Å². The molecule has 0 saturated heterocycles. The Bertz CT molecular complexity index is 905. The van der Waals surface area contributed by atoms with Crippen molar-refractivity contribution in [3.8, 4) is 15.6 Å². The third-order valence-electron chi connectivity index (χ3n) is 3.25. The molecule has 0 fully saturated rings. The largest absolute Gasteiger partial charge is 0.494 e. The van der Waals surface area contributed by atoms with E-state index in [-0.39, 0.29) is 17.0 Å². The Kier molecular flexibility index (Phi) is 5.20. The molecular weight excluding hydrogens is 365 g/mol. The molecule has 25 heavy (non-hydrogen) atoms. The summed E-state index contributed by atoms with van der Waals surface area (Å²) in [5.41, 5.74) is 0.241. The highest BCUT2D eigenvalue weighted by atomic mass is 32.1. The van der Waals surface area contributed by atoms with Crippen molar-refractivity contribution in [1.82, 2.24) is 4.98 Å². The summed E-state index contributed by atoms with van der Waals surface area (Å²) in [6.45, 7) is -0.490. The van der Waals surface area contributed by atoms with Gasteiger partial charge in [0.1, 0.15) is 5.01 Å². The minimum Gasteiger partial charge on any atom is -0.494 e. The highest BCUT2D eigenvalue weighted by Crippen LogP contribution is 2.28. The number of hydrogen-bond donors (Lipinski definition) is 0. The minimum atomic E-state index is -0.693. The van der Waals surface area contributed by atoms with Crippen LogP contribution in [0.3, 0.4) is 0 Å². The lowest BCUT2D eigenvalue weighted by Crippen LogP contribution is -2.14. The second-order valence-corrected chi connectivity index (χ2v) is 6.67. The number of thiazole rings is 1. The Morgan fingerprint density at radius 3 is 2.76 bits per heavy atom. The SMILES string of the molecule is COc1ccc(C(=O)COC(=O)c2csc(-c3cccs3)n2)cc1F. The van der Waals surface area contributed by atoms with Crippen molar-refractivity contribution in [1.29, 1.82) is 0 Å². The highest BCUT2D eigenvalue weighted by Gasteiger charge is 2.17. The van der Waals surface area contributed by atoms with E-state index in [9.17, 15) is 14.0 Å². The maximum atomic E-state index is 13.6. The number of ketones is 1. The van der Waals surface area contributed by atoms with Gasteiger partial charge in [-0.25, -0.2) is 14.2 Å². The fourth-order valence-corrected chi connectivity index (χ4v) is 3.61. The lowest BCUT2D eigenvalue weighted by Gasteiger charge is -2.05. The maximum Gasteiger partial charge on any atom is 0.358 e. The van der Waals surface area contributed by atoms with Crippen molar-refractivity contribution >= 4 is 34.4 Å². The van der Waals surface area contributed by atoms with E-state index in [1.807, 2.05) is 17.5 Å². The number of hydrogen-bond acceptors (Lipinski definition) is 7. The predicted molar refractivity (Wildman–Crippen MR) is 93.0 cm³/mol. The van der Waals surface area contributed by atoms with Crippen LogP contribution in [-0.2, 0) is 4.74 Å². The number of benzene rings is 1. The molecule has 8 heteroatoms. The van der Waals surface area contributed by atoms with Gasteiger partial charge in [0.05, 0.1) is 12.0 Å². The fraction of sp³-hybridized carbons (Fsp3) is 0.118. The number of aromatic nitrogens is 1. The molecule has 3 aromatic rings. The summed E-state index contributed by atoms with van der Waals surface area (Å²) in [6.07, 6.45) is 0. The summed E-state index contributed by atoms with van der Waals surface area (Å²) in [5, 5.41) is 4.21. The number of esters is 1. The smallest absolute Gasteiger partial charge is 0.358 e. The summed E-state index contributed by atoms with van der Waals surface area (Å²) < 4.78 is 23.4. The molecule has 0 aliphatic carbocycles. The lowest BCUT2D eigenvalue weighted by molar-refractivity contribution is 0.0469. The topological polar surface area (TPSA) is 65.5 Å². The first-order chi connectivity index (χ1) is 12.1. The number of carbonyl (C=O) groups excluding carboxylic acids is 2. The van der Waals surface area contributed by atoms with Crippen LogP contribution in [0.4, 0.5) is 4.39 Å². The van der Waals surface area contributed by atoms with Crippen LogP contribution in [0.1, 0.15) is 20.8 Å². The highest BCUT2D eigenvalue weighted by molar-refractivity contribution is 7.20. The molecule has 0 aliphatic rings. The average Bonchev–Trinajstić information content (AvgIpc) is 3.30. The Hall–Kier alpha value is -2.58. The van der Waals surface area contributed by atoms with Crippen LogP contribution in [0.15, 0.2) is 41.1 Å². The second kappa shape index (κ2) is 7.54. The second-order valence-electron chi connectivity index (χ2n) is 4.86. The number of halogens is 1. The number of thiophene rings is 1. The van der Waals surface area contributed by atoms with Crippen molar-refractivity contribution < 1.29 is 23.5 Å². The zero-order chi connectivity index (χ0) is 17.8. The molecular formula is C17H12FNO4S2. The molecule has 3 rings (SSSR count). The number of ether oxygens (including phenoxy) is 2. The first kappa shape index (κ1) is 17.2. The molecule has 0 saturated carbocycles. The molecule has 0 unspecified atom stereocenters. The standard InChI is InChI=1S/C17H12FNO4S2/c1-22-14-5-4-10(7-11(14)18)13(20)8-23-17(21)12-9-25-16(19-12)15-3-2-6-24-15/h2-7,9H,8H2,1H3. The zero-order valence-electron chi connectivity index (χ0n) is 13.0. The van der Waals surface area contributed by atoms with E-state index in [4.69, 9.17) is 9.47 Å². The number of Topliss-reactive ketones (excluding diaryl/α,β-unsaturated/α-hetero) is 1. The van der Waals surface area contributed by atoms with Crippen molar-refractivity contribution in [3.05, 3.63) is 58.2 Å². The zero-order valence-corrected chi connectivity index (χ0v) is 14.7. The van der Waals surface area contributed by atoms with Gasteiger partial charge in [0.25, 0.3) is 0 Å². The Labute approximate surface area is 150 Å². The van der Waals surface area contributed by atoms with E-state index in [1.165, 1.54) is 41.9 Å². The van der Waals surface area contributed by atoms with Crippen LogP contribution in [0.25, 0.3) is 9.88 Å². The van der Waals surface area contributed by atoms with Crippen molar-refractivity contribution in [2.75, 3.05) is 13.7 Å². The van der Waals surface area contributed by atoms with Gasteiger partial charge >= 0.3 is 5.97 Å².